The first-order chi connectivity index (χ1) is 9.79. The highest BCUT2D eigenvalue weighted by molar-refractivity contribution is 5.31. The van der Waals surface area contributed by atoms with Gasteiger partial charge in [-0.3, -0.25) is 0 Å². The summed E-state index contributed by atoms with van der Waals surface area (Å²) in [5.41, 5.74) is 2.41. The van der Waals surface area contributed by atoms with Crippen LogP contribution in [0.15, 0.2) is 48.5 Å². The first kappa shape index (κ1) is 14.4. The molecule has 106 valence electrons. The Morgan fingerprint density at radius 1 is 1.00 bits per heavy atom. The van der Waals surface area contributed by atoms with E-state index in [2.05, 4.69) is 30.4 Å². The van der Waals surface area contributed by atoms with Crippen LogP contribution in [-0.4, -0.2) is 20.3 Å². The summed E-state index contributed by atoms with van der Waals surface area (Å²) >= 11 is 0. The van der Waals surface area contributed by atoms with Crippen molar-refractivity contribution in [1.82, 2.24) is 5.32 Å². The van der Waals surface area contributed by atoms with Gasteiger partial charge in [0.1, 0.15) is 18.1 Å². The van der Waals surface area contributed by atoms with Crippen molar-refractivity contribution in [2.45, 2.75) is 13.5 Å². The van der Waals surface area contributed by atoms with E-state index in [0.29, 0.717) is 6.61 Å². The molecule has 20 heavy (non-hydrogen) atoms. The zero-order chi connectivity index (χ0) is 14.2. The SMILES string of the molecule is COc1ccc(CNCCOc2ccccc2C)cc1. The smallest absolute Gasteiger partial charge is 0.122 e. The first-order valence-corrected chi connectivity index (χ1v) is 6.81. The van der Waals surface area contributed by atoms with Gasteiger partial charge in [-0.25, -0.2) is 0 Å². The van der Waals surface area contributed by atoms with Gasteiger partial charge in [-0.15, -0.1) is 0 Å². The molecule has 0 unspecified atom stereocenters. The molecule has 0 aliphatic carbocycles. The fraction of sp³-hybridized carbons (Fsp3) is 0.294. The summed E-state index contributed by atoms with van der Waals surface area (Å²) in [4.78, 5) is 0. The molecule has 0 saturated heterocycles. The number of hydrogen-bond acceptors (Lipinski definition) is 3. The average molecular weight is 271 g/mol. The monoisotopic (exact) mass is 271 g/mol. The summed E-state index contributed by atoms with van der Waals surface area (Å²) in [7, 11) is 1.68. The third-order valence-electron chi connectivity index (χ3n) is 3.12. The Morgan fingerprint density at radius 2 is 1.75 bits per heavy atom. The molecule has 0 saturated carbocycles. The Labute approximate surface area is 120 Å². The molecule has 0 spiro atoms. The van der Waals surface area contributed by atoms with Gasteiger partial charge in [-0.2, -0.15) is 0 Å². The van der Waals surface area contributed by atoms with E-state index in [1.54, 1.807) is 7.11 Å². The topological polar surface area (TPSA) is 30.5 Å². The third-order valence-corrected chi connectivity index (χ3v) is 3.12. The minimum Gasteiger partial charge on any atom is -0.497 e. The highest BCUT2D eigenvalue weighted by Gasteiger charge is 1.97. The van der Waals surface area contributed by atoms with Crippen molar-refractivity contribution in [1.29, 1.82) is 0 Å². The highest BCUT2D eigenvalue weighted by atomic mass is 16.5. The van der Waals surface area contributed by atoms with Crippen molar-refractivity contribution in [2.24, 2.45) is 0 Å². The molecule has 3 heteroatoms. The van der Waals surface area contributed by atoms with Gasteiger partial charge in [0.2, 0.25) is 0 Å². The lowest BCUT2D eigenvalue weighted by Crippen LogP contribution is -2.20. The normalized spacial score (nSPS) is 10.3. The standard InChI is InChI=1S/C17H21NO2/c1-14-5-3-4-6-17(14)20-12-11-18-13-15-7-9-16(19-2)10-8-15/h3-10,18H,11-13H2,1-2H3. The summed E-state index contributed by atoms with van der Waals surface area (Å²) in [6, 6.07) is 16.1. The van der Waals surface area contributed by atoms with Gasteiger partial charge in [0.25, 0.3) is 0 Å². The second kappa shape index (κ2) is 7.56. The Hall–Kier alpha value is -2.00. The number of nitrogens with one attached hydrogen (secondary N) is 1. The molecule has 2 aromatic carbocycles. The van der Waals surface area contributed by atoms with Gasteiger partial charge in [-0.05, 0) is 36.2 Å². The van der Waals surface area contributed by atoms with Crippen molar-refractivity contribution in [3.05, 3.63) is 59.7 Å². The molecule has 0 amide bonds. The Balaban J connectivity index is 1.67. The summed E-state index contributed by atoms with van der Waals surface area (Å²) in [6.07, 6.45) is 0. The van der Waals surface area contributed by atoms with Crippen LogP contribution in [0, 0.1) is 6.92 Å². The zero-order valence-electron chi connectivity index (χ0n) is 12.1. The van der Waals surface area contributed by atoms with E-state index in [-0.39, 0.29) is 0 Å². The van der Waals surface area contributed by atoms with E-state index in [1.807, 2.05) is 30.3 Å². The molecule has 0 aliphatic rings. The van der Waals surface area contributed by atoms with Gasteiger partial charge in [0.15, 0.2) is 0 Å². The number of methoxy groups -OCH3 is 1. The second-order valence-electron chi connectivity index (χ2n) is 4.64. The lowest BCUT2D eigenvalue weighted by molar-refractivity contribution is 0.311. The minimum atomic E-state index is 0.668. The Morgan fingerprint density at radius 3 is 2.45 bits per heavy atom. The van der Waals surface area contributed by atoms with E-state index >= 15 is 0 Å². The van der Waals surface area contributed by atoms with Crippen molar-refractivity contribution in [2.75, 3.05) is 20.3 Å². The highest BCUT2D eigenvalue weighted by Crippen LogP contribution is 2.15. The summed E-state index contributed by atoms with van der Waals surface area (Å²) < 4.78 is 10.9. The predicted molar refractivity (Wildman–Crippen MR) is 81.4 cm³/mol. The maximum absolute atomic E-state index is 5.73. The van der Waals surface area contributed by atoms with E-state index in [0.717, 1.165) is 24.6 Å². The molecule has 0 radical (unpaired) electrons. The largest absolute Gasteiger partial charge is 0.497 e. The summed E-state index contributed by atoms with van der Waals surface area (Å²) in [5, 5.41) is 3.36. The molecule has 0 fully saturated rings. The fourth-order valence-corrected chi connectivity index (χ4v) is 1.93. The lowest BCUT2D eigenvalue weighted by Gasteiger charge is -2.10. The van der Waals surface area contributed by atoms with Crippen molar-refractivity contribution >= 4 is 0 Å². The zero-order valence-corrected chi connectivity index (χ0v) is 12.1. The van der Waals surface area contributed by atoms with E-state index in [1.165, 1.54) is 11.1 Å². The molecule has 0 bridgehead atoms. The summed E-state index contributed by atoms with van der Waals surface area (Å²) in [6.45, 7) is 4.38. The Kier molecular flexibility index (Phi) is 5.44. The maximum atomic E-state index is 5.73. The second-order valence-corrected chi connectivity index (χ2v) is 4.64. The molecule has 2 aromatic rings. The van der Waals surface area contributed by atoms with E-state index < -0.39 is 0 Å². The van der Waals surface area contributed by atoms with Crippen LogP contribution in [0.25, 0.3) is 0 Å². The van der Waals surface area contributed by atoms with Gasteiger partial charge in [0.05, 0.1) is 7.11 Å². The average Bonchev–Trinajstić information content (AvgIpc) is 2.49. The van der Waals surface area contributed by atoms with Gasteiger partial charge in [0, 0.05) is 13.1 Å². The molecule has 0 atom stereocenters. The molecule has 2 rings (SSSR count). The van der Waals surface area contributed by atoms with Crippen molar-refractivity contribution < 1.29 is 9.47 Å². The van der Waals surface area contributed by atoms with Crippen molar-refractivity contribution in [3.8, 4) is 11.5 Å². The Bertz CT molecular complexity index is 523. The van der Waals surface area contributed by atoms with Gasteiger partial charge < -0.3 is 14.8 Å². The number of hydrogen-bond donors (Lipinski definition) is 1. The number of aryl methyl sites for hydroxylation is 1. The van der Waals surface area contributed by atoms with E-state index in [4.69, 9.17) is 9.47 Å². The van der Waals surface area contributed by atoms with Crippen LogP contribution in [0.1, 0.15) is 11.1 Å². The molecule has 0 heterocycles. The number of rotatable bonds is 7. The molecule has 0 aromatic heterocycles. The van der Waals surface area contributed by atoms with Crippen LogP contribution in [0.4, 0.5) is 0 Å². The minimum absolute atomic E-state index is 0.668. The van der Waals surface area contributed by atoms with Crippen LogP contribution in [0.3, 0.4) is 0 Å². The maximum Gasteiger partial charge on any atom is 0.122 e. The molecule has 1 N–H and O–H groups in total. The van der Waals surface area contributed by atoms with Gasteiger partial charge in [-0.1, -0.05) is 30.3 Å². The quantitative estimate of drug-likeness (QED) is 0.785. The molecule has 0 aliphatic heterocycles. The van der Waals surface area contributed by atoms with Gasteiger partial charge >= 0.3 is 0 Å². The number of ether oxygens (including phenoxy) is 2. The predicted octanol–water partition coefficient (Wildman–Crippen LogP) is 3.17. The number of para-hydroxylation sites is 1. The van der Waals surface area contributed by atoms with Crippen LogP contribution in [-0.2, 0) is 6.54 Å². The molecule has 3 nitrogen and oxygen atoms in total. The third kappa shape index (κ3) is 4.28. The first-order valence-electron chi connectivity index (χ1n) is 6.81. The van der Waals surface area contributed by atoms with Crippen molar-refractivity contribution in [3.63, 3.8) is 0 Å². The van der Waals surface area contributed by atoms with Crippen LogP contribution in [0.5, 0.6) is 11.5 Å². The summed E-state index contributed by atoms with van der Waals surface area (Å²) in [5.74, 6) is 1.84. The number of benzene rings is 2. The van der Waals surface area contributed by atoms with Crippen LogP contribution in [0.2, 0.25) is 0 Å². The van der Waals surface area contributed by atoms with Crippen LogP contribution < -0.4 is 14.8 Å². The lowest BCUT2D eigenvalue weighted by atomic mass is 10.2. The molecular weight excluding hydrogens is 250 g/mol. The van der Waals surface area contributed by atoms with Crippen LogP contribution >= 0.6 is 0 Å². The molecular formula is C17H21NO2. The fourth-order valence-electron chi connectivity index (χ4n) is 1.93. The van der Waals surface area contributed by atoms with E-state index in [9.17, 15) is 0 Å².